The molecule has 0 bridgehead atoms. The minimum atomic E-state index is -0.351. The van der Waals surface area contributed by atoms with Crippen LogP contribution in [0.5, 0.6) is 0 Å². The molecular formula is C9H6F. The lowest BCUT2D eigenvalue weighted by Gasteiger charge is -1.94. The van der Waals surface area contributed by atoms with Crippen LogP contribution in [0.1, 0.15) is 11.1 Å². The molecular weight excluding hydrogens is 127 g/mol. The Kier molecular flexibility index (Phi) is 1.73. The highest BCUT2D eigenvalue weighted by Gasteiger charge is 1.95. The molecule has 0 heterocycles. The summed E-state index contributed by atoms with van der Waals surface area (Å²) in [5.74, 6) is 1.98. The summed E-state index contributed by atoms with van der Waals surface area (Å²) in [6, 6.07) is 4.51. The van der Waals surface area contributed by atoms with Crippen LogP contribution in [-0.2, 0) is 0 Å². The van der Waals surface area contributed by atoms with E-state index in [2.05, 4.69) is 12.8 Å². The third kappa shape index (κ3) is 1.16. The molecule has 1 rings (SSSR count). The van der Waals surface area contributed by atoms with E-state index in [-0.39, 0.29) is 5.82 Å². The van der Waals surface area contributed by atoms with Gasteiger partial charge in [0, 0.05) is 5.56 Å². The maximum absolute atomic E-state index is 12.6. The van der Waals surface area contributed by atoms with Crippen molar-refractivity contribution in [2.24, 2.45) is 0 Å². The van der Waals surface area contributed by atoms with Gasteiger partial charge in [0.05, 0.1) is 0 Å². The molecule has 0 nitrogen and oxygen atoms in total. The van der Waals surface area contributed by atoms with Crippen LogP contribution in [0.25, 0.3) is 0 Å². The van der Waals surface area contributed by atoms with Crippen LogP contribution in [0.4, 0.5) is 4.39 Å². The summed E-state index contributed by atoms with van der Waals surface area (Å²) >= 11 is 0. The third-order valence-corrected chi connectivity index (χ3v) is 1.22. The SMILES string of the molecule is C#Cc1ccc([CH2])c(F)c1. The molecule has 1 radical (unpaired) electrons. The highest BCUT2D eigenvalue weighted by molar-refractivity contribution is 5.35. The van der Waals surface area contributed by atoms with Crippen molar-refractivity contribution in [3.63, 3.8) is 0 Å². The van der Waals surface area contributed by atoms with E-state index in [4.69, 9.17) is 6.42 Å². The fraction of sp³-hybridized carbons (Fsp3) is 0. The molecule has 0 saturated carbocycles. The molecule has 0 fully saturated rings. The molecule has 0 N–H and O–H groups in total. The fourth-order valence-corrected chi connectivity index (χ4v) is 0.637. The van der Waals surface area contributed by atoms with Gasteiger partial charge in [-0.3, -0.25) is 0 Å². The van der Waals surface area contributed by atoms with Crippen molar-refractivity contribution in [3.05, 3.63) is 42.1 Å². The quantitative estimate of drug-likeness (QED) is 0.475. The van der Waals surface area contributed by atoms with E-state index in [0.29, 0.717) is 11.1 Å². The van der Waals surface area contributed by atoms with Crippen LogP contribution in [0, 0.1) is 25.1 Å². The van der Waals surface area contributed by atoms with E-state index < -0.39 is 0 Å². The molecule has 0 saturated heterocycles. The zero-order valence-electron chi connectivity index (χ0n) is 5.39. The Morgan fingerprint density at radius 3 is 2.70 bits per heavy atom. The molecule has 0 aliphatic heterocycles. The Balaban J connectivity index is 3.20. The van der Waals surface area contributed by atoms with Gasteiger partial charge in [0.1, 0.15) is 5.82 Å². The van der Waals surface area contributed by atoms with Gasteiger partial charge in [-0.25, -0.2) is 4.39 Å². The first-order chi connectivity index (χ1) is 4.74. The second-order valence-electron chi connectivity index (χ2n) is 1.95. The summed E-state index contributed by atoms with van der Waals surface area (Å²) in [5.41, 5.74) is 0.920. The van der Waals surface area contributed by atoms with E-state index in [0.717, 1.165) is 0 Å². The van der Waals surface area contributed by atoms with Crippen LogP contribution in [-0.4, -0.2) is 0 Å². The Morgan fingerprint density at radius 1 is 1.50 bits per heavy atom. The molecule has 0 aliphatic rings. The van der Waals surface area contributed by atoms with Crippen molar-refractivity contribution < 1.29 is 4.39 Å². The van der Waals surface area contributed by atoms with Gasteiger partial charge in [0.2, 0.25) is 0 Å². The number of halogens is 1. The number of benzene rings is 1. The molecule has 0 amide bonds. The Morgan fingerprint density at radius 2 is 2.20 bits per heavy atom. The normalized spacial score (nSPS) is 8.90. The zero-order chi connectivity index (χ0) is 7.56. The first-order valence-electron chi connectivity index (χ1n) is 2.82. The standard InChI is InChI=1S/C9H6F/c1-3-8-5-4-7(2)9(10)6-8/h1,4-6H,2H2. The molecule has 0 spiro atoms. The lowest BCUT2D eigenvalue weighted by Crippen LogP contribution is -1.82. The van der Waals surface area contributed by atoms with Crippen molar-refractivity contribution in [2.75, 3.05) is 0 Å². The first kappa shape index (κ1) is 6.82. The van der Waals surface area contributed by atoms with Crippen molar-refractivity contribution >= 4 is 0 Å². The van der Waals surface area contributed by atoms with Crippen molar-refractivity contribution in [1.82, 2.24) is 0 Å². The van der Waals surface area contributed by atoms with Crippen LogP contribution in [0.15, 0.2) is 18.2 Å². The van der Waals surface area contributed by atoms with E-state index in [1.54, 1.807) is 12.1 Å². The lowest BCUT2D eigenvalue weighted by molar-refractivity contribution is 0.622. The molecule has 1 aromatic carbocycles. The van der Waals surface area contributed by atoms with Crippen LogP contribution >= 0.6 is 0 Å². The highest BCUT2D eigenvalue weighted by Crippen LogP contribution is 2.07. The Labute approximate surface area is 59.7 Å². The molecule has 0 atom stereocenters. The second kappa shape index (κ2) is 2.53. The molecule has 0 aliphatic carbocycles. The van der Waals surface area contributed by atoms with Crippen molar-refractivity contribution in [1.29, 1.82) is 0 Å². The topological polar surface area (TPSA) is 0 Å². The van der Waals surface area contributed by atoms with Crippen LogP contribution in [0.3, 0.4) is 0 Å². The van der Waals surface area contributed by atoms with E-state index in [9.17, 15) is 4.39 Å². The fourth-order valence-electron chi connectivity index (χ4n) is 0.637. The zero-order valence-corrected chi connectivity index (χ0v) is 5.39. The summed E-state index contributed by atoms with van der Waals surface area (Å²) < 4.78 is 12.6. The van der Waals surface area contributed by atoms with Gasteiger partial charge in [-0.1, -0.05) is 12.0 Å². The second-order valence-corrected chi connectivity index (χ2v) is 1.95. The number of hydrogen-bond acceptors (Lipinski definition) is 0. The summed E-state index contributed by atoms with van der Waals surface area (Å²) in [4.78, 5) is 0. The monoisotopic (exact) mass is 133 g/mol. The van der Waals surface area contributed by atoms with Gasteiger partial charge in [-0.05, 0) is 24.6 Å². The first-order valence-corrected chi connectivity index (χ1v) is 2.82. The van der Waals surface area contributed by atoms with Gasteiger partial charge in [-0.2, -0.15) is 0 Å². The number of terminal acetylenes is 1. The third-order valence-electron chi connectivity index (χ3n) is 1.22. The summed E-state index contributed by atoms with van der Waals surface area (Å²) in [6.07, 6.45) is 5.03. The summed E-state index contributed by atoms with van der Waals surface area (Å²) in [5, 5.41) is 0. The van der Waals surface area contributed by atoms with Gasteiger partial charge < -0.3 is 0 Å². The van der Waals surface area contributed by atoms with Crippen molar-refractivity contribution in [3.8, 4) is 12.3 Å². The largest absolute Gasteiger partial charge is 0.207 e. The summed E-state index contributed by atoms with van der Waals surface area (Å²) in [6.45, 7) is 3.45. The predicted molar refractivity (Wildman–Crippen MR) is 38.8 cm³/mol. The minimum absolute atomic E-state index is 0.351. The minimum Gasteiger partial charge on any atom is -0.207 e. The Hall–Kier alpha value is -1.29. The van der Waals surface area contributed by atoms with Gasteiger partial charge in [-0.15, -0.1) is 6.42 Å². The smallest absolute Gasteiger partial charge is 0.127 e. The molecule has 0 aromatic heterocycles. The lowest BCUT2D eigenvalue weighted by atomic mass is 10.1. The average Bonchev–Trinajstić information content (AvgIpc) is 1.95. The van der Waals surface area contributed by atoms with Gasteiger partial charge in [0.15, 0.2) is 0 Å². The molecule has 49 valence electrons. The van der Waals surface area contributed by atoms with Crippen LogP contribution < -0.4 is 0 Å². The number of rotatable bonds is 0. The van der Waals surface area contributed by atoms with E-state index in [1.807, 2.05) is 0 Å². The molecule has 1 aromatic rings. The van der Waals surface area contributed by atoms with Crippen LogP contribution in [0.2, 0.25) is 0 Å². The maximum atomic E-state index is 12.6. The number of hydrogen-bond donors (Lipinski definition) is 0. The molecule has 0 unspecified atom stereocenters. The van der Waals surface area contributed by atoms with E-state index in [1.165, 1.54) is 6.07 Å². The summed E-state index contributed by atoms with van der Waals surface area (Å²) in [7, 11) is 0. The van der Waals surface area contributed by atoms with E-state index >= 15 is 0 Å². The predicted octanol–water partition coefficient (Wildman–Crippen LogP) is 1.99. The highest BCUT2D eigenvalue weighted by atomic mass is 19.1. The average molecular weight is 133 g/mol. The van der Waals surface area contributed by atoms with Gasteiger partial charge >= 0.3 is 0 Å². The molecule has 1 heteroatoms. The molecule has 10 heavy (non-hydrogen) atoms. The van der Waals surface area contributed by atoms with Gasteiger partial charge in [0.25, 0.3) is 0 Å². The maximum Gasteiger partial charge on any atom is 0.127 e. The Bertz CT molecular complexity index is 281. The van der Waals surface area contributed by atoms with Crippen molar-refractivity contribution in [2.45, 2.75) is 0 Å².